The van der Waals surface area contributed by atoms with Crippen molar-refractivity contribution in [1.82, 2.24) is 0 Å². The number of nitrogens with zero attached hydrogens (tertiary/aromatic N) is 2. The lowest BCUT2D eigenvalue weighted by molar-refractivity contribution is -0.668. The van der Waals surface area contributed by atoms with Crippen molar-refractivity contribution in [3.63, 3.8) is 0 Å². The van der Waals surface area contributed by atoms with Crippen LogP contribution in [0.2, 0.25) is 10.0 Å². The quantitative estimate of drug-likeness (QED) is 0.209. The predicted octanol–water partition coefficient (Wildman–Crippen LogP) is 5.91. The van der Waals surface area contributed by atoms with Crippen molar-refractivity contribution in [2.75, 3.05) is 23.0 Å². The van der Waals surface area contributed by atoms with E-state index in [4.69, 9.17) is 32.3 Å². The molecule has 1 aliphatic heterocycles. The smallest absolute Gasteiger partial charge is 0.265 e. The lowest BCUT2D eigenvalue weighted by Crippen LogP contribution is -2.36. The van der Waals surface area contributed by atoms with Crippen molar-refractivity contribution in [2.45, 2.75) is 31.2 Å². The third-order valence-corrected chi connectivity index (χ3v) is 9.96. The minimum absolute atomic E-state index is 0.232. The Kier molecular flexibility index (Phi) is 9.15. The number of benzene rings is 2. The van der Waals surface area contributed by atoms with Crippen molar-refractivity contribution in [2.24, 2.45) is 0 Å². The second-order valence-corrected chi connectivity index (χ2v) is 14.9. The van der Waals surface area contributed by atoms with E-state index in [0.717, 1.165) is 36.4 Å². The van der Waals surface area contributed by atoms with Crippen molar-refractivity contribution in [1.29, 1.82) is 0 Å². The van der Waals surface area contributed by atoms with Crippen molar-refractivity contribution < 1.29 is 30.5 Å². The number of anilines is 1. The summed E-state index contributed by atoms with van der Waals surface area (Å²) in [6.07, 6.45) is 4.45. The van der Waals surface area contributed by atoms with Crippen LogP contribution in [0.1, 0.15) is 24.8 Å². The molecule has 1 aromatic heterocycles. The first kappa shape index (κ1) is 29.3. The summed E-state index contributed by atoms with van der Waals surface area (Å²) in [4.78, 5) is 2.97. The zero-order valence-electron chi connectivity index (χ0n) is 20.2. The predicted molar refractivity (Wildman–Crippen MR) is 155 cm³/mol. The van der Waals surface area contributed by atoms with Gasteiger partial charge in [0.25, 0.3) is 25.2 Å². The second kappa shape index (κ2) is 11.8. The molecule has 0 amide bonds. The fraction of sp³-hybridized carbons (Fsp3) is 0.292. The fourth-order valence-corrected chi connectivity index (χ4v) is 7.75. The number of allylic oxidation sites excluding steroid dienone is 2. The molecule has 0 unspecified atom stereocenters. The number of thiazole rings is 1. The third kappa shape index (κ3) is 7.72. The SMILES string of the molecule is CC(=Cc1sc2ccc(Cl)cc2[n+]1CCCS(=O)(=O)O)C=C1Sc2ccc(Cl)cc2N1CCCS(=O)(=O)O. The maximum atomic E-state index is 11.3. The highest BCUT2D eigenvalue weighted by Gasteiger charge is 2.26. The Bertz CT molecular complexity index is 1650. The first-order chi connectivity index (χ1) is 17.8. The molecule has 0 aliphatic carbocycles. The van der Waals surface area contributed by atoms with E-state index in [9.17, 15) is 16.8 Å². The molecule has 0 bridgehead atoms. The molecule has 0 saturated heterocycles. The van der Waals surface area contributed by atoms with Crippen molar-refractivity contribution >= 4 is 88.5 Å². The molecule has 204 valence electrons. The van der Waals surface area contributed by atoms with Gasteiger partial charge in [0.05, 0.1) is 22.2 Å². The van der Waals surface area contributed by atoms with Gasteiger partial charge in [-0.2, -0.15) is 21.4 Å². The topological polar surface area (TPSA) is 116 Å². The van der Waals surface area contributed by atoms with Gasteiger partial charge in [-0.1, -0.05) is 46.3 Å². The van der Waals surface area contributed by atoms with E-state index in [1.54, 1.807) is 12.1 Å². The molecule has 2 aromatic carbocycles. The van der Waals surface area contributed by atoms with E-state index in [1.165, 1.54) is 23.1 Å². The summed E-state index contributed by atoms with van der Waals surface area (Å²) in [5.74, 6) is -0.694. The summed E-state index contributed by atoms with van der Waals surface area (Å²) in [6.45, 7) is 2.69. The number of hydrogen-bond acceptors (Lipinski definition) is 7. The molecule has 8 nitrogen and oxygen atoms in total. The maximum absolute atomic E-state index is 11.3. The van der Waals surface area contributed by atoms with Gasteiger partial charge >= 0.3 is 0 Å². The summed E-state index contributed by atoms with van der Waals surface area (Å²) < 4.78 is 66.3. The molecule has 0 saturated carbocycles. The van der Waals surface area contributed by atoms with Gasteiger partial charge in [0.15, 0.2) is 6.54 Å². The molecule has 0 radical (unpaired) electrons. The van der Waals surface area contributed by atoms with Crippen LogP contribution >= 0.6 is 46.3 Å². The summed E-state index contributed by atoms with van der Waals surface area (Å²) in [5.41, 5.74) is 2.65. The Hall–Kier alpha value is -1.64. The standard InChI is InChI=1S/C24H24Cl2N2O6S4/c1-16(12-23-27(8-2-10-37(29,30)31)19-14-17(25)4-6-21(19)35-23)13-24-28(9-3-11-38(32,33)34)20-15-18(26)5-7-22(20)36-24/h4-7,12-15H,2-3,8-11H2,1H3,(H-,29,30,31,32,33,34)/p+1. The number of aryl methyl sites for hydroxylation is 1. The molecule has 2 heterocycles. The number of thioether (sulfide) groups is 1. The molecular formula is C24H25Cl2N2O6S4+. The first-order valence-corrected chi connectivity index (χ1v) is 17.1. The Morgan fingerprint density at radius 3 is 2.37 bits per heavy atom. The minimum Gasteiger partial charge on any atom is -0.335 e. The molecule has 0 atom stereocenters. The van der Waals surface area contributed by atoms with E-state index < -0.39 is 20.2 Å². The number of halogens is 2. The average Bonchev–Trinajstić information content (AvgIpc) is 3.29. The summed E-state index contributed by atoms with van der Waals surface area (Å²) >= 11 is 15.5. The lowest BCUT2D eigenvalue weighted by atomic mass is 10.2. The Labute approximate surface area is 240 Å². The van der Waals surface area contributed by atoms with Crippen LogP contribution < -0.4 is 9.47 Å². The van der Waals surface area contributed by atoms with Crippen LogP contribution in [0, 0.1) is 0 Å². The van der Waals surface area contributed by atoms with Crippen LogP contribution in [-0.4, -0.2) is 44.0 Å². The van der Waals surface area contributed by atoms with Crippen LogP contribution in [-0.2, 0) is 26.8 Å². The summed E-state index contributed by atoms with van der Waals surface area (Å²) in [5, 5.41) is 2.89. The monoisotopic (exact) mass is 635 g/mol. The summed E-state index contributed by atoms with van der Waals surface area (Å²) in [6, 6.07) is 11.1. The highest BCUT2D eigenvalue weighted by Crippen LogP contribution is 2.47. The minimum atomic E-state index is -4.07. The van der Waals surface area contributed by atoms with Gasteiger partial charge in [0.1, 0.15) is 4.70 Å². The van der Waals surface area contributed by atoms with Gasteiger partial charge in [-0.3, -0.25) is 9.11 Å². The largest absolute Gasteiger partial charge is 0.335 e. The van der Waals surface area contributed by atoms with Crippen molar-refractivity contribution in [3.8, 4) is 0 Å². The van der Waals surface area contributed by atoms with Crippen LogP contribution in [0.15, 0.2) is 58.0 Å². The number of hydrogen-bond donors (Lipinski definition) is 2. The Morgan fingerprint density at radius 2 is 1.66 bits per heavy atom. The first-order valence-electron chi connectivity index (χ1n) is 11.5. The van der Waals surface area contributed by atoms with Crippen LogP contribution in [0.3, 0.4) is 0 Å². The van der Waals surface area contributed by atoms with Crippen molar-refractivity contribution in [3.05, 3.63) is 68.1 Å². The molecule has 3 aromatic rings. The van der Waals surface area contributed by atoms with E-state index >= 15 is 0 Å². The highest BCUT2D eigenvalue weighted by atomic mass is 35.5. The van der Waals surface area contributed by atoms with Crippen LogP contribution in [0.5, 0.6) is 0 Å². The molecule has 4 rings (SSSR count). The van der Waals surface area contributed by atoms with Crippen LogP contribution in [0.25, 0.3) is 16.3 Å². The number of aromatic nitrogens is 1. The van der Waals surface area contributed by atoms with Gasteiger partial charge in [-0.25, -0.2) is 0 Å². The molecule has 38 heavy (non-hydrogen) atoms. The van der Waals surface area contributed by atoms with E-state index in [1.807, 2.05) is 52.8 Å². The average molecular weight is 637 g/mol. The van der Waals surface area contributed by atoms with E-state index in [-0.39, 0.29) is 24.3 Å². The van der Waals surface area contributed by atoms with E-state index in [2.05, 4.69) is 0 Å². The number of fused-ring (bicyclic) bond motifs is 2. The molecule has 1 aliphatic rings. The fourth-order valence-electron chi connectivity index (χ4n) is 4.07. The lowest BCUT2D eigenvalue weighted by Gasteiger charge is -2.20. The van der Waals surface area contributed by atoms with Gasteiger partial charge in [0.2, 0.25) is 5.52 Å². The Balaban J connectivity index is 1.67. The molecule has 2 N–H and O–H groups in total. The van der Waals surface area contributed by atoms with Gasteiger partial charge in [-0.15, -0.1) is 0 Å². The van der Waals surface area contributed by atoms with Crippen LogP contribution in [0.4, 0.5) is 5.69 Å². The Morgan fingerprint density at radius 1 is 1.00 bits per heavy atom. The highest BCUT2D eigenvalue weighted by molar-refractivity contribution is 8.03. The molecular weight excluding hydrogens is 611 g/mol. The van der Waals surface area contributed by atoms with E-state index in [0.29, 0.717) is 23.1 Å². The zero-order valence-corrected chi connectivity index (χ0v) is 25.0. The van der Waals surface area contributed by atoms with Gasteiger partial charge in [0, 0.05) is 40.0 Å². The molecule has 0 spiro atoms. The number of rotatable bonds is 10. The molecule has 0 fully saturated rings. The normalized spacial score (nSPS) is 15.6. The summed E-state index contributed by atoms with van der Waals surface area (Å²) in [7, 11) is -8.15. The second-order valence-electron chi connectivity index (χ2n) is 8.72. The third-order valence-electron chi connectivity index (χ3n) is 5.65. The zero-order chi connectivity index (χ0) is 27.7. The van der Waals surface area contributed by atoms with Gasteiger partial charge in [-0.05, 0) is 55.3 Å². The molecule has 14 heteroatoms. The maximum Gasteiger partial charge on any atom is 0.265 e. The van der Waals surface area contributed by atoms with Gasteiger partial charge < -0.3 is 4.90 Å².